The van der Waals surface area contributed by atoms with Gasteiger partial charge in [0.1, 0.15) is 11.8 Å². The van der Waals surface area contributed by atoms with Crippen molar-refractivity contribution in [2.45, 2.75) is 18.6 Å². The summed E-state index contributed by atoms with van der Waals surface area (Å²) >= 11 is 0. The number of halogens is 3. The van der Waals surface area contributed by atoms with E-state index in [0.717, 1.165) is 34.0 Å². The van der Waals surface area contributed by atoms with Gasteiger partial charge in [-0.05, 0) is 40.5 Å². The zero-order valence-corrected chi connectivity index (χ0v) is 17.1. The molecule has 0 heterocycles. The van der Waals surface area contributed by atoms with Crippen LogP contribution >= 0.6 is 0 Å². The van der Waals surface area contributed by atoms with Crippen LogP contribution in [0.4, 0.5) is 13.2 Å². The molecule has 0 amide bonds. The molecule has 158 valence electrons. The van der Waals surface area contributed by atoms with E-state index in [9.17, 15) is 18.4 Å². The average molecular weight is 428 g/mol. The van der Waals surface area contributed by atoms with Gasteiger partial charge >= 0.3 is 6.18 Å². The Bertz CT molecular complexity index is 1280. The highest BCUT2D eigenvalue weighted by molar-refractivity contribution is 6.11. The molecule has 0 unspecified atom stereocenters. The number of aliphatic imine (C=N–C) groups is 1. The molecule has 1 atom stereocenters. The highest BCUT2D eigenvalue weighted by Gasteiger charge is 2.30. The van der Waals surface area contributed by atoms with Crippen molar-refractivity contribution in [3.05, 3.63) is 119 Å². The SMILES string of the molecule is N#CC(=N[C@H](Cc1cccc2ccccc12)c1ccccc1)c1ccc(C(F)(F)F)cc1. The van der Waals surface area contributed by atoms with Gasteiger partial charge < -0.3 is 0 Å². The standard InChI is InChI=1S/C27H19F3N2/c28-27(29,30)23-15-13-21(14-16-23)26(18-31)32-25(20-8-2-1-3-9-20)17-22-11-6-10-19-7-4-5-12-24(19)22/h1-16,25H,17H2/t25-/m1/s1. The first-order valence-electron chi connectivity index (χ1n) is 10.1. The van der Waals surface area contributed by atoms with Crippen molar-refractivity contribution in [2.24, 2.45) is 4.99 Å². The largest absolute Gasteiger partial charge is 0.416 e. The Labute approximate surface area is 184 Å². The molecule has 32 heavy (non-hydrogen) atoms. The maximum absolute atomic E-state index is 12.9. The fraction of sp³-hybridized carbons (Fsp3) is 0.111. The molecule has 0 aliphatic carbocycles. The van der Waals surface area contributed by atoms with Crippen LogP contribution in [-0.4, -0.2) is 5.71 Å². The number of hydrogen-bond acceptors (Lipinski definition) is 2. The van der Waals surface area contributed by atoms with Gasteiger partial charge in [0.05, 0.1) is 11.6 Å². The van der Waals surface area contributed by atoms with E-state index < -0.39 is 11.7 Å². The summed E-state index contributed by atoms with van der Waals surface area (Å²) in [6.45, 7) is 0. The summed E-state index contributed by atoms with van der Waals surface area (Å²) in [7, 11) is 0. The number of fused-ring (bicyclic) bond motifs is 1. The number of rotatable bonds is 5. The lowest BCUT2D eigenvalue weighted by atomic mass is 9.95. The molecule has 4 aromatic rings. The molecule has 0 aromatic heterocycles. The first-order chi connectivity index (χ1) is 15.5. The summed E-state index contributed by atoms with van der Waals surface area (Å²) in [4.78, 5) is 4.70. The lowest BCUT2D eigenvalue weighted by Gasteiger charge is -2.16. The fourth-order valence-corrected chi connectivity index (χ4v) is 3.73. The second kappa shape index (κ2) is 9.07. The first kappa shape index (κ1) is 21.3. The van der Waals surface area contributed by atoms with Crippen LogP contribution in [0.5, 0.6) is 0 Å². The molecule has 0 aliphatic heterocycles. The Morgan fingerprint density at radius 2 is 1.47 bits per heavy atom. The number of nitrogens with zero attached hydrogens (tertiary/aromatic N) is 2. The van der Waals surface area contributed by atoms with Gasteiger partial charge in [0.15, 0.2) is 0 Å². The van der Waals surface area contributed by atoms with Crippen molar-refractivity contribution >= 4 is 16.5 Å². The van der Waals surface area contributed by atoms with E-state index >= 15 is 0 Å². The van der Waals surface area contributed by atoms with Crippen LogP contribution in [0.25, 0.3) is 10.8 Å². The van der Waals surface area contributed by atoms with Crippen LogP contribution in [0.3, 0.4) is 0 Å². The van der Waals surface area contributed by atoms with Crippen LogP contribution in [0.15, 0.2) is 102 Å². The zero-order valence-electron chi connectivity index (χ0n) is 17.1. The Morgan fingerprint density at radius 3 is 2.16 bits per heavy atom. The van der Waals surface area contributed by atoms with Gasteiger partial charge in [-0.25, -0.2) is 0 Å². The summed E-state index contributed by atoms with van der Waals surface area (Å²) in [5.41, 5.74) is 1.73. The van der Waals surface area contributed by atoms with E-state index in [-0.39, 0.29) is 11.8 Å². The van der Waals surface area contributed by atoms with Crippen molar-refractivity contribution in [2.75, 3.05) is 0 Å². The van der Waals surface area contributed by atoms with E-state index in [0.29, 0.717) is 12.0 Å². The van der Waals surface area contributed by atoms with Gasteiger partial charge in [-0.3, -0.25) is 4.99 Å². The molecule has 0 aliphatic rings. The molecular formula is C27H19F3N2. The molecule has 0 fully saturated rings. The van der Waals surface area contributed by atoms with Crippen molar-refractivity contribution in [1.29, 1.82) is 5.26 Å². The van der Waals surface area contributed by atoms with Crippen LogP contribution < -0.4 is 0 Å². The van der Waals surface area contributed by atoms with Crippen LogP contribution in [0, 0.1) is 11.3 Å². The van der Waals surface area contributed by atoms with Gasteiger partial charge in [-0.2, -0.15) is 18.4 Å². The normalized spacial score (nSPS) is 13.0. The molecule has 5 heteroatoms. The number of alkyl halides is 3. The summed E-state index contributed by atoms with van der Waals surface area (Å²) < 4.78 is 38.7. The minimum Gasteiger partial charge on any atom is -0.265 e. The molecule has 0 N–H and O–H groups in total. The molecule has 0 saturated carbocycles. The second-order valence-electron chi connectivity index (χ2n) is 7.43. The Hall–Kier alpha value is -3.91. The van der Waals surface area contributed by atoms with Crippen LogP contribution in [0.1, 0.15) is 28.3 Å². The van der Waals surface area contributed by atoms with E-state index in [1.807, 2.05) is 66.7 Å². The molecule has 0 saturated heterocycles. The molecule has 0 radical (unpaired) electrons. The third-order valence-electron chi connectivity index (χ3n) is 5.35. The Kier molecular flexibility index (Phi) is 6.04. The zero-order chi connectivity index (χ0) is 22.6. The number of hydrogen-bond donors (Lipinski definition) is 0. The molecule has 0 spiro atoms. The molecular weight excluding hydrogens is 409 g/mol. The molecule has 4 rings (SSSR count). The summed E-state index contributed by atoms with van der Waals surface area (Å²) in [5, 5.41) is 12.0. The maximum Gasteiger partial charge on any atom is 0.416 e. The quantitative estimate of drug-likeness (QED) is 0.311. The number of nitriles is 1. The van der Waals surface area contributed by atoms with Gasteiger partial charge in [0, 0.05) is 5.56 Å². The van der Waals surface area contributed by atoms with Gasteiger partial charge in [0.25, 0.3) is 0 Å². The summed E-state index contributed by atoms with van der Waals surface area (Å²) in [5.74, 6) is 0. The Balaban J connectivity index is 1.75. The third-order valence-corrected chi connectivity index (χ3v) is 5.35. The Morgan fingerprint density at radius 1 is 0.812 bits per heavy atom. The monoisotopic (exact) mass is 428 g/mol. The lowest BCUT2D eigenvalue weighted by Crippen LogP contribution is -2.08. The highest BCUT2D eigenvalue weighted by Crippen LogP contribution is 2.30. The topological polar surface area (TPSA) is 36.1 Å². The molecule has 0 bridgehead atoms. The summed E-state index contributed by atoms with van der Waals surface area (Å²) in [6, 6.07) is 30.0. The van der Waals surface area contributed by atoms with Crippen molar-refractivity contribution in [3.8, 4) is 6.07 Å². The number of benzene rings is 4. The predicted molar refractivity (Wildman–Crippen MR) is 120 cm³/mol. The maximum atomic E-state index is 12.9. The van der Waals surface area contributed by atoms with Crippen molar-refractivity contribution in [1.82, 2.24) is 0 Å². The van der Waals surface area contributed by atoms with Gasteiger partial charge in [-0.15, -0.1) is 0 Å². The van der Waals surface area contributed by atoms with Crippen molar-refractivity contribution < 1.29 is 13.2 Å². The molecule has 4 aromatic carbocycles. The predicted octanol–water partition coefficient (Wildman–Crippen LogP) is 7.16. The van der Waals surface area contributed by atoms with Crippen LogP contribution in [-0.2, 0) is 12.6 Å². The van der Waals surface area contributed by atoms with Gasteiger partial charge in [-0.1, -0.05) is 84.9 Å². The second-order valence-corrected chi connectivity index (χ2v) is 7.43. The summed E-state index contributed by atoms with van der Waals surface area (Å²) in [6.07, 6.45) is -3.87. The van der Waals surface area contributed by atoms with E-state index in [1.54, 1.807) is 0 Å². The minimum absolute atomic E-state index is 0.104. The minimum atomic E-state index is -4.43. The van der Waals surface area contributed by atoms with Crippen molar-refractivity contribution in [3.63, 3.8) is 0 Å². The van der Waals surface area contributed by atoms with E-state index in [4.69, 9.17) is 4.99 Å². The first-order valence-corrected chi connectivity index (χ1v) is 10.1. The van der Waals surface area contributed by atoms with E-state index in [1.165, 1.54) is 12.1 Å². The third kappa shape index (κ3) is 4.70. The highest BCUT2D eigenvalue weighted by atomic mass is 19.4. The van der Waals surface area contributed by atoms with Gasteiger partial charge in [0.2, 0.25) is 0 Å². The van der Waals surface area contributed by atoms with Crippen LogP contribution in [0.2, 0.25) is 0 Å². The molecule has 2 nitrogen and oxygen atoms in total. The fourth-order valence-electron chi connectivity index (χ4n) is 3.73. The smallest absolute Gasteiger partial charge is 0.265 e. The average Bonchev–Trinajstić information content (AvgIpc) is 2.82. The van der Waals surface area contributed by atoms with E-state index in [2.05, 4.69) is 12.1 Å². The lowest BCUT2D eigenvalue weighted by molar-refractivity contribution is -0.137.